The van der Waals surface area contributed by atoms with E-state index in [4.69, 9.17) is 9.47 Å². The van der Waals surface area contributed by atoms with E-state index in [0.29, 0.717) is 0 Å². The van der Waals surface area contributed by atoms with Crippen LogP contribution in [0.25, 0.3) is 0 Å². The molecule has 142 valence electrons. The molecule has 2 N–H and O–H groups in total. The third kappa shape index (κ3) is 4.75. The molecule has 1 heterocycles. The lowest BCUT2D eigenvalue weighted by Crippen LogP contribution is -2.46. The largest absolute Gasteiger partial charge is 0.465 e. The predicted molar refractivity (Wildman–Crippen MR) is 87.7 cm³/mol. The van der Waals surface area contributed by atoms with Crippen LogP contribution in [0.3, 0.4) is 0 Å². The van der Waals surface area contributed by atoms with Crippen molar-refractivity contribution in [1.29, 1.82) is 0 Å². The van der Waals surface area contributed by atoms with Gasteiger partial charge in [0.15, 0.2) is 5.79 Å². The minimum Gasteiger partial charge on any atom is -0.465 e. The summed E-state index contributed by atoms with van der Waals surface area (Å²) in [6.07, 6.45) is -1.03. The second-order valence-corrected chi connectivity index (χ2v) is 6.19. The first-order valence-electron chi connectivity index (χ1n) is 7.77. The Morgan fingerprint density at radius 2 is 1.88 bits per heavy atom. The number of carbonyl (C=O) groups is 2. The molecule has 0 bridgehead atoms. The van der Waals surface area contributed by atoms with Crippen molar-refractivity contribution in [1.82, 2.24) is 5.32 Å². The standard InChI is InChI=1S/C16H20N2O8/c1-16(2)25-7-12(13(19)8-26-16)17-14(20)9-4-10(15(21)24-3)6-11(5-9)18(22)23/h4-6,12-13,19H,7-8H2,1-3H3,(H,17,20)/t12-,13-/m1/s1. The van der Waals surface area contributed by atoms with Gasteiger partial charge in [0.05, 0.1) is 43.0 Å². The van der Waals surface area contributed by atoms with Gasteiger partial charge in [-0.25, -0.2) is 4.79 Å². The maximum atomic E-state index is 12.5. The smallest absolute Gasteiger partial charge is 0.338 e. The molecule has 10 heteroatoms. The van der Waals surface area contributed by atoms with E-state index in [0.717, 1.165) is 19.2 Å². The molecule has 0 unspecified atom stereocenters. The Labute approximate surface area is 149 Å². The molecule has 1 fully saturated rings. The van der Waals surface area contributed by atoms with E-state index in [1.54, 1.807) is 13.8 Å². The van der Waals surface area contributed by atoms with Crippen LogP contribution in [0, 0.1) is 10.1 Å². The molecule has 1 aliphatic rings. The average Bonchev–Trinajstić information content (AvgIpc) is 2.73. The Morgan fingerprint density at radius 3 is 2.50 bits per heavy atom. The molecule has 2 rings (SSSR count). The number of ether oxygens (including phenoxy) is 3. The fourth-order valence-corrected chi connectivity index (χ4v) is 2.32. The molecule has 1 aromatic carbocycles. The van der Waals surface area contributed by atoms with Crippen LogP contribution in [0.15, 0.2) is 18.2 Å². The van der Waals surface area contributed by atoms with E-state index in [-0.39, 0.29) is 24.3 Å². The number of nitro groups is 1. The fourth-order valence-electron chi connectivity index (χ4n) is 2.32. The quantitative estimate of drug-likeness (QED) is 0.448. The van der Waals surface area contributed by atoms with Crippen LogP contribution in [-0.2, 0) is 14.2 Å². The normalized spacial score (nSPS) is 22.2. The van der Waals surface area contributed by atoms with Gasteiger partial charge in [0.25, 0.3) is 11.6 Å². The van der Waals surface area contributed by atoms with E-state index in [1.165, 1.54) is 6.07 Å². The summed E-state index contributed by atoms with van der Waals surface area (Å²) in [4.78, 5) is 34.5. The summed E-state index contributed by atoms with van der Waals surface area (Å²) in [7, 11) is 1.13. The Bertz CT molecular complexity index is 718. The maximum absolute atomic E-state index is 12.5. The van der Waals surface area contributed by atoms with E-state index in [1.807, 2.05) is 0 Å². The SMILES string of the molecule is COC(=O)c1cc(C(=O)N[C@@H]2COC(C)(C)OC[C@H]2O)cc([N+](=O)[O-])c1. The predicted octanol–water partition coefficient (Wildman–Crippen LogP) is 0.624. The third-order valence-corrected chi connectivity index (χ3v) is 3.81. The summed E-state index contributed by atoms with van der Waals surface area (Å²) in [6, 6.07) is 2.44. The van der Waals surface area contributed by atoms with Gasteiger partial charge in [-0.15, -0.1) is 0 Å². The van der Waals surface area contributed by atoms with Crippen molar-refractivity contribution in [2.45, 2.75) is 31.8 Å². The van der Waals surface area contributed by atoms with Gasteiger partial charge in [0, 0.05) is 17.7 Å². The van der Waals surface area contributed by atoms with Crippen LogP contribution in [0.2, 0.25) is 0 Å². The second-order valence-electron chi connectivity index (χ2n) is 6.19. The molecule has 0 radical (unpaired) electrons. The summed E-state index contributed by atoms with van der Waals surface area (Å²) in [5.74, 6) is -2.42. The highest BCUT2D eigenvalue weighted by molar-refractivity contribution is 5.99. The highest BCUT2D eigenvalue weighted by Gasteiger charge is 2.32. The lowest BCUT2D eigenvalue weighted by Gasteiger charge is -2.23. The molecular weight excluding hydrogens is 348 g/mol. The van der Waals surface area contributed by atoms with Crippen molar-refractivity contribution < 1.29 is 33.8 Å². The molecule has 0 spiro atoms. The summed E-state index contributed by atoms with van der Waals surface area (Å²) in [6.45, 7) is 3.28. The van der Waals surface area contributed by atoms with Crippen molar-refractivity contribution in [3.63, 3.8) is 0 Å². The molecule has 1 amide bonds. The number of nitrogens with one attached hydrogen (secondary N) is 1. The number of esters is 1. The number of carbonyl (C=O) groups excluding carboxylic acids is 2. The highest BCUT2D eigenvalue weighted by Crippen LogP contribution is 2.20. The van der Waals surface area contributed by atoms with E-state index in [9.17, 15) is 24.8 Å². The monoisotopic (exact) mass is 368 g/mol. The molecular formula is C16H20N2O8. The Balaban J connectivity index is 2.24. The molecule has 26 heavy (non-hydrogen) atoms. The third-order valence-electron chi connectivity index (χ3n) is 3.81. The van der Waals surface area contributed by atoms with Crippen LogP contribution in [0.4, 0.5) is 5.69 Å². The molecule has 0 aliphatic carbocycles. The zero-order valence-corrected chi connectivity index (χ0v) is 14.6. The number of hydrogen-bond acceptors (Lipinski definition) is 8. The lowest BCUT2D eigenvalue weighted by molar-refractivity contribution is -0.384. The summed E-state index contributed by atoms with van der Waals surface area (Å²) < 4.78 is 15.4. The fraction of sp³-hybridized carbons (Fsp3) is 0.500. The van der Waals surface area contributed by atoms with Gasteiger partial charge < -0.3 is 24.6 Å². The minimum absolute atomic E-state index is 0.0152. The van der Waals surface area contributed by atoms with Crippen LogP contribution >= 0.6 is 0 Å². The number of non-ortho nitro benzene ring substituents is 1. The van der Waals surface area contributed by atoms with E-state index in [2.05, 4.69) is 10.1 Å². The van der Waals surface area contributed by atoms with Crippen LogP contribution in [-0.4, -0.2) is 60.2 Å². The maximum Gasteiger partial charge on any atom is 0.338 e. The van der Waals surface area contributed by atoms with Gasteiger partial charge in [0.2, 0.25) is 0 Å². The summed E-state index contributed by atoms with van der Waals surface area (Å²) in [5.41, 5.74) is -0.676. The number of benzene rings is 1. The average molecular weight is 368 g/mol. The van der Waals surface area contributed by atoms with Gasteiger partial charge in [-0.3, -0.25) is 14.9 Å². The number of aliphatic hydroxyl groups is 1. The first kappa shape index (κ1) is 19.8. The van der Waals surface area contributed by atoms with Crippen molar-refractivity contribution in [3.8, 4) is 0 Å². The van der Waals surface area contributed by atoms with Crippen LogP contribution in [0.5, 0.6) is 0 Å². The van der Waals surface area contributed by atoms with E-state index < -0.39 is 40.4 Å². The lowest BCUT2D eigenvalue weighted by atomic mass is 10.1. The van der Waals surface area contributed by atoms with Crippen molar-refractivity contribution in [2.24, 2.45) is 0 Å². The Kier molecular flexibility index (Phi) is 5.90. The van der Waals surface area contributed by atoms with Gasteiger partial charge in [-0.1, -0.05) is 0 Å². The number of methoxy groups -OCH3 is 1. The number of nitrogens with zero attached hydrogens (tertiary/aromatic N) is 1. The Hall–Kier alpha value is -2.56. The molecule has 0 saturated carbocycles. The van der Waals surface area contributed by atoms with Crippen molar-refractivity contribution in [3.05, 3.63) is 39.4 Å². The van der Waals surface area contributed by atoms with Gasteiger partial charge in [-0.2, -0.15) is 0 Å². The highest BCUT2D eigenvalue weighted by atomic mass is 16.7. The van der Waals surface area contributed by atoms with Gasteiger partial charge in [-0.05, 0) is 19.9 Å². The van der Waals surface area contributed by atoms with Gasteiger partial charge >= 0.3 is 5.97 Å². The number of aliphatic hydroxyl groups excluding tert-OH is 1. The zero-order chi connectivity index (χ0) is 19.5. The zero-order valence-electron chi connectivity index (χ0n) is 14.6. The van der Waals surface area contributed by atoms with E-state index >= 15 is 0 Å². The Morgan fingerprint density at radius 1 is 1.27 bits per heavy atom. The topological polar surface area (TPSA) is 137 Å². The molecule has 1 saturated heterocycles. The molecule has 10 nitrogen and oxygen atoms in total. The minimum atomic E-state index is -1.03. The summed E-state index contributed by atoms with van der Waals surface area (Å²) in [5, 5.41) is 23.7. The van der Waals surface area contributed by atoms with Crippen LogP contribution < -0.4 is 5.32 Å². The first-order valence-corrected chi connectivity index (χ1v) is 7.77. The number of hydrogen-bond donors (Lipinski definition) is 2. The van der Waals surface area contributed by atoms with Gasteiger partial charge in [0.1, 0.15) is 0 Å². The number of amides is 1. The molecule has 1 aromatic rings. The molecule has 1 aliphatic heterocycles. The number of nitro benzene ring substituents is 1. The van der Waals surface area contributed by atoms with Crippen molar-refractivity contribution in [2.75, 3.05) is 20.3 Å². The molecule has 0 aromatic heterocycles. The van der Waals surface area contributed by atoms with Crippen LogP contribution in [0.1, 0.15) is 34.6 Å². The van der Waals surface area contributed by atoms with Crippen molar-refractivity contribution >= 4 is 17.6 Å². The second kappa shape index (κ2) is 7.77. The first-order chi connectivity index (χ1) is 12.1. The number of rotatable bonds is 4. The molecule has 2 atom stereocenters. The summed E-state index contributed by atoms with van der Waals surface area (Å²) >= 11 is 0.